The number of rotatable bonds is 10. The molecule has 0 saturated carbocycles. The van der Waals surface area contributed by atoms with Gasteiger partial charge in [-0.3, -0.25) is 23.5 Å². The number of nitrogens with one attached hydrogen (secondary N) is 1. The maximum Gasteiger partial charge on any atom is 0.459 e. The van der Waals surface area contributed by atoms with Crippen molar-refractivity contribution >= 4 is 19.6 Å². The summed E-state index contributed by atoms with van der Waals surface area (Å²) < 4.78 is 35.3. The number of carbonyl (C=O) groups excluding carboxylic acids is 2. The average molecular weight is 512 g/mol. The zero-order valence-electron chi connectivity index (χ0n) is 18.7. The van der Waals surface area contributed by atoms with E-state index in [0.29, 0.717) is 0 Å². The third-order valence-electron chi connectivity index (χ3n) is 5.00. The smallest absolute Gasteiger partial charge is 0.459 e. The molecule has 1 aliphatic heterocycles. The number of primary amides is 1. The highest BCUT2D eigenvalue weighted by Crippen LogP contribution is 2.45. The van der Waals surface area contributed by atoms with Crippen molar-refractivity contribution in [3.63, 3.8) is 0 Å². The van der Waals surface area contributed by atoms with Gasteiger partial charge in [-0.2, -0.15) is 5.09 Å². The molecule has 35 heavy (non-hydrogen) atoms. The Morgan fingerprint density at radius 2 is 1.97 bits per heavy atom. The summed E-state index contributed by atoms with van der Waals surface area (Å²) in [6, 6.07) is 6.88. The van der Waals surface area contributed by atoms with Crippen LogP contribution in [-0.4, -0.2) is 69.7 Å². The minimum atomic E-state index is -4.25. The van der Waals surface area contributed by atoms with Crippen molar-refractivity contribution < 1.29 is 42.9 Å². The van der Waals surface area contributed by atoms with Gasteiger partial charge in [-0.05, 0) is 19.1 Å². The highest BCUT2D eigenvalue weighted by Gasteiger charge is 2.46. The van der Waals surface area contributed by atoms with E-state index in [1.165, 1.54) is 19.1 Å². The number of carbonyl (C=O) groups is 2. The van der Waals surface area contributed by atoms with Crippen molar-refractivity contribution in [2.45, 2.75) is 37.5 Å². The lowest BCUT2D eigenvalue weighted by Gasteiger charge is -2.24. The summed E-state index contributed by atoms with van der Waals surface area (Å²) in [7, 11) is -3.10. The van der Waals surface area contributed by atoms with Gasteiger partial charge >= 0.3 is 13.7 Å². The SMILES string of the molecule is COC(=O)[C@H](C)NP(=O)(OC[C@H]1O[C@@H](n2ccnc(C(N)=O)c2=O)[C@H](O)[C@@H]1O)Oc1ccccc1. The molecule has 2 aromatic rings. The lowest BCUT2D eigenvalue weighted by Crippen LogP contribution is -2.38. The number of nitrogens with zero attached hydrogens (tertiary/aromatic N) is 2. The largest absolute Gasteiger partial charge is 0.468 e. The number of benzene rings is 1. The van der Waals surface area contributed by atoms with Crippen LogP contribution in [0.3, 0.4) is 0 Å². The van der Waals surface area contributed by atoms with Crippen molar-refractivity contribution in [2.75, 3.05) is 13.7 Å². The fourth-order valence-electron chi connectivity index (χ4n) is 3.24. The molecule has 190 valence electrons. The zero-order chi connectivity index (χ0) is 25.8. The first-order valence-electron chi connectivity index (χ1n) is 10.3. The first kappa shape index (κ1) is 26.5. The van der Waals surface area contributed by atoms with Crippen molar-refractivity contribution in [1.82, 2.24) is 14.6 Å². The number of aromatic nitrogens is 2. The molecule has 0 spiro atoms. The number of hydrogen-bond donors (Lipinski definition) is 4. The van der Waals surface area contributed by atoms with E-state index in [4.69, 9.17) is 19.5 Å². The molecule has 0 radical (unpaired) electrons. The molecule has 0 bridgehead atoms. The van der Waals surface area contributed by atoms with Crippen molar-refractivity contribution in [3.05, 3.63) is 58.8 Å². The Hall–Kier alpha value is -3.13. The molecule has 1 saturated heterocycles. The summed E-state index contributed by atoms with van der Waals surface area (Å²) in [5.41, 5.74) is 3.60. The Morgan fingerprint density at radius 1 is 1.29 bits per heavy atom. The molecule has 5 N–H and O–H groups in total. The van der Waals surface area contributed by atoms with Crippen LogP contribution < -0.4 is 20.9 Å². The summed E-state index contributed by atoms with van der Waals surface area (Å²) >= 11 is 0. The van der Waals surface area contributed by atoms with Gasteiger partial charge < -0.3 is 29.9 Å². The molecule has 1 fully saturated rings. The van der Waals surface area contributed by atoms with E-state index in [1.54, 1.807) is 18.2 Å². The van der Waals surface area contributed by atoms with E-state index in [-0.39, 0.29) is 5.75 Å². The highest BCUT2D eigenvalue weighted by molar-refractivity contribution is 7.52. The fraction of sp³-hybridized carbons (Fsp3) is 0.400. The Balaban J connectivity index is 1.78. The number of aliphatic hydroxyl groups is 2. The van der Waals surface area contributed by atoms with Gasteiger partial charge in [0.2, 0.25) is 0 Å². The number of aliphatic hydroxyl groups excluding tert-OH is 2. The zero-order valence-corrected chi connectivity index (χ0v) is 19.6. The monoisotopic (exact) mass is 512 g/mol. The lowest BCUT2D eigenvalue weighted by atomic mass is 10.1. The normalized spacial score (nSPS) is 24.3. The van der Waals surface area contributed by atoms with Crippen LogP contribution in [0.25, 0.3) is 0 Å². The van der Waals surface area contributed by atoms with Gasteiger partial charge in [0.1, 0.15) is 30.1 Å². The fourth-order valence-corrected chi connectivity index (χ4v) is 4.74. The van der Waals surface area contributed by atoms with E-state index >= 15 is 0 Å². The van der Waals surface area contributed by atoms with E-state index in [2.05, 4.69) is 14.8 Å². The molecule has 1 aliphatic rings. The van der Waals surface area contributed by atoms with Gasteiger partial charge in [-0.1, -0.05) is 18.2 Å². The molecular formula is C20H25N4O10P. The molecule has 1 amide bonds. The number of nitrogens with two attached hydrogens (primary N) is 1. The number of ether oxygens (including phenoxy) is 2. The Kier molecular flexibility index (Phi) is 8.38. The van der Waals surface area contributed by atoms with E-state index < -0.39 is 68.1 Å². The molecule has 15 heteroatoms. The lowest BCUT2D eigenvalue weighted by molar-refractivity contribution is -0.142. The molecular weight excluding hydrogens is 487 g/mol. The Labute approximate surface area is 199 Å². The van der Waals surface area contributed by atoms with E-state index in [9.17, 15) is 29.2 Å². The number of hydrogen-bond acceptors (Lipinski definition) is 11. The maximum absolute atomic E-state index is 13.4. The second kappa shape index (κ2) is 11.1. The molecule has 2 heterocycles. The highest BCUT2D eigenvalue weighted by atomic mass is 31.2. The number of methoxy groups -OCH3 is 1. The number of para-hydroxylation sites is 1. The third kappa shape index (κ3) is 6.11. The van der Waals surface area contributed by atoms with Gasteiger partial charge in [0.15, 0.2) is 11.9 Å². The van der Waals surface area contributed by atoms with Crippen LogP contribution in [0.2, 0.25) is 0 Å². The summed E-state index contributed by atoms with van der Waals surface area (Å²) in [5, 5.41) is 23.3. The van der Waals surface area contributed by atoms with Gasteiger partial charge in [-0.15, -0.1) is 0 Å². The number of amides is 1. The average Bonchev–Trinajstić information content (AvgIpc) is 3.11. The molecule has 1 aromatic heterocycles. The van der Waals surface area contributed by atoms with Gasteiger partial charge in [-0.25, -0.2) is 9.55 Å². The third-order valence-corrected chi connectivity index (χ3v) is 6.64. The van der Waals surface area contributed by atoms with Gasteiger partial charge in [0, 0.05) is 12.4 Å². The summed E-state index contributed by atoms with van der Waals surface area (Å²) in [6.45, 7) is 0.797. The molecule has 14 nitrogen and oxygen atoms in total. The first-order chi connectivity index (χ1) is 16.6. The van der Waals surface area contributed by atoms with E-state index in [0.717, 1.165) is 24.1 Å². The van der Waals surface area contributed by atoms with Gasteiger partial charge in [0.05, 0.1) is 13.7 Å². The van der Waals surface area contributed by atoms with Crippen molar-refractivity contribution in [1.29, 1.82) is 0 Å². The Bertz CT molecular complexity index is 1160. The van der Waals surface area contributed by atoms with Crippen LogP contribution in [-0.2, 0) is 23.4 Å². The van der Waals surface area contributed by atoms with Crippen LogP contribution in [0.5, 0.6) is 5.75 Å². The molecule has 6 atom stereocenters. The second-order valence-electron chi connectivity index (χ2n) is 7.47. The van der Waals surface area contributed by atoms with Crippen LogP contribution in [0.15, 0.2) is 47.5 Å². The minimum Gasteiger partial charge on any atom is -0.468 e. The first-order valence-corrected chi connectivity index (χ1v) is 11.8. The predicted molar refractivity (Wildman–Crippen MR) is 118 cm³/mol. The van der Waals surface area contributed by atoms with Crippen LogP contribution in [0.1, 0.15) is 23.6 Å². The quantitative estimate of drug-likeness (QED) is 0.231. The van der Waals surface area contributed by atoms with Crippen LogP contribution in [0.4, 0.5) is 0 Å². The standard InChI is InChI=1S/C20H25N4O10P/c1-11(20(29)31-2)23-35(30,34-12-6-4-3-5-7-12)32-10-13-15(25)16(26)19(33-13)24-9-8-22-14(17(21)27)18(24)28/h3-9,11,13,15-16,19,25-26H,10H2,1-2H3,(H2,21,27)(H,23,30)/t11-,13+,15+,16+,19+,35?/m0/s1. The van der Waals surface area contributed by atoms with Crippen LogP contribution in [0, 0.1) is 0 Å². The summed E-state index contributed by atoms with van der Waals surface area (Å²) in [5.74, 6) is -1.66. The molecule has 1 unspecified atom stereocenters. The minimum absolute atomic E-state index is 0.161. The van der Waals surface area contributed by atoms with Gasteiger partial charge in [0.25, 0.3) is 11.5 Å². The van der Waals surface area contributed by atoms with E-state index in [1.807, 2.05) is 0 Å². The Morgan fingerprint density at radius 3 is 2.60 bits per heavy atom. The molecule has 3 rings (SSSR count). The van der Waals surface area contributed by atoms with Crippen LogP contribution >= 0.6 is 7.75 Å². The number of esters is 1. The van der Waals surface area contributed by atoms with Crippen molar-refractivity contribution in [3.8, 4) is 5.75 Å². The summed E-state index contributed by atoms with van der Waals surface area (Å²) in [4.78, 5) is 39.3. The maximum atomic E-state index is 13.4. The van der Waals surface area contributed by atoms with Crippen molar-refractivity contribution in [2.24, 2.45) is 5.73 Å². The molecule has 0 aliphatic carbocycles. The summed E-state index contributed by atoms with van der Waals surface area (Å²) in [6.07, 6.45) is -3.67. The second-order valence-corrected chi connectivity index (χ2v) is 9.16. The topological polar surface area (TPSA) is 202 Å². The molecule has 1 aromatic carbocycles. The predicted octanol–water partition coefficient (Wildman–Crippen LogP) is -0.684.